The molecule has 1 heterocycles. The minimum atomic E-state index is 0.361. The standard InChI is InChI=1S/C18H28N2/c1-3-7-17-13-20(12-15-8-5-4-6-9-15)18(2,14-19-17)16-10-11-16/h4-6,8-9,16-17,19H,3,7,10-14H2,1-2H3. The van der Waals surface area contributed by atoms with Gasteiger partial charge < -0.3 is 5.32 Å². The van der Waals surface area contributed by atoms with Crippen LogP contribution < -0.4 is 5.32 Å². The van der Waals surface area contributed by atoms with Crippen LogP contribution in [0.2, 0.25) is 0 Å². The van der Waals surface area contributed by atoms with E-state index in [1.807, 2.05) is 0 Å². The van der Waals surface area contributed by atoms with E-state index in [0.717, 1.165) is 19.0 Å². The van der Waals surface area contributed by atoms with Gasteiger partial charge in [-0.25, -0.2) is 0 Å². The zero-order chi connectivity index (χ0) is 14.0. The van der Waals surface area contributed by atoms with Crippen molar-refractivity contribution in [1.29, 1.82) is 0 Å². The van der Waals surface area contributed by atoms with E-state index in [1.54, 1.807) is 0 Å². The second-order valence-electron chi connectivity index (χ2n) is 6.86. The highest BCUT2D eigenvalue weighted by Crippen LogP contribution is 2.44. The molecule has 0 spiro atoms. The quantitative estimate of drug-likeness (QED) is 0.883. The predicted molar refractivity (Wildman–Crippen MR) is 84.7 cm³/mol. The summed E-state index contributed by atoms with van der Waals surface area (Å²) in [4.78, 5) is 2.76. The Hall–Kier alpha value is -0.860. The summed E-state index contributed by atoms with van der Waals surface area (Å²) in [7, 11) is 0. The highest BCUT2D eigenvalue weighted by Gasteiger charge is 2.47. The summed E-state index contributed by atoms with van der Waals surface area (Å²) < 4.78 is 0. The molecule has 2 nitrogen and oxygen atoms in total. The third-order valence-electron chi connectivity index (χ3n) is 5.22. The number of piperazine rings is 1. The van der Waals surface area contributed by atoms with Crippen LogP contribution in [-0.4, -0.2) is 29.6 Å². The van der Waals surface area contributed by atoms with Gasteiger partial charge in [-0.3, -0.25) is 4.90 Å². The first kappa shape index (κ1) is 14.1. The number of benzene rings is 1. The van der Waals surface area contributed by atoms with Crippen LogP contribution in [0.3, 0.4) is 0 Å². The van der Waals surface area contributed by atoms with Crippen molar-refractivity contribution in [2.45, 2.75) is 57.7 Å². The first-order valence-electron chi connectivity index (χ1n) is 8.24. The van der Waals surface area contributed by atoms with Crippen molar-refractivity contribution in [3.63, 3.8) is 0 Å². The molecule has 0 aromatic heterocycles. The van der Waals surface area contributed by atoms with Gasteiger partial charge in [-0.15, -0.1) is 0 Å². The smallest absolute Gasteiger partial charge is 0.0338 e. The van der Waals surface area contributed by atoms with Gasteiger partial charge in [-0.05, 0) is 37.7 Å². The number of hydrogen-bond acceptors (Lipinski definition) is 2. The molecule has 2 heteroatoms. The lowest BCUT2D eigenvalue weighted by molar-refractivity contribution is 0.0260. The molecule has 1 aliphatic carbocycles. The van der Waals surface area contributed by atoms with Crippen LogP contribution in [0, 0.1) is 5.92 Å². The Kier molecular flexibility index (Phi) is 4.13. The van der Waals surface area contributed by atoms with Crippen LogP contribution >= 0.6 is 0 Å². The van der Waals surface area contributed by atoms with Gasteiger partial charge in [0.1, 0.15) is 0 Å². The average molecular weight is 272 g/mol. The van der Waals surface area contributed by atoms with Crippen molar-refractivity contribution in [1.82, 2.24) is 10.2 Å². The molecule has 0 amide bonds. The fourth-order valence-electron chi connectivity index (χ4n) is 3.70. The molecule has 1 N–H and O–H groups in total. The van der Waals surface area contributed by atoms with Crippen molar-refractivity contribution in [2.24, 2.45) is 5.92 Å². The molecule has 2 aliphatic rings. The highest BCUT2D eigenvalue weighted by atomic mass is 15.3. The Bertz CT molecular complexity index is 426. The van der Waals surface area contributed by atoms with E-state index in [0.29, 0.717) is 11.6 Å². The Labute approximate surface area is 123 Å². The molecule has 3 rings (SSSR count). The summed E-state index contributed by atoms with van der Waals surface area (Å²) in [5.41, 5.74) is 1.82. The van der Waals surface area contributed by atoms with Crippen LogP contribution in [0.5, 0.6) is 0 Å². The van der Waals surface area contributed by atoms with Gasteiger partial charge in [0.25, 0.3) is 0 Å². The molecular weight excluding hydrogens is 244 g/mol. The molecule has 1 aliphatic heterocycles. The van der Waals surface area contributed by atoms with Gasteiger partial charge in [0, 0.05) is 31.2 Å². The van der Waals surface area contributed by atoms with Gasteiger partial charge in [-0.2, -0.15) is 0 Å². The van der Waals surface area contributed by atoms with Gasteiger partial charge in [0.15, 0.2) is 0 Å². The Morgan fingerprint density at radius 2 is 2.00 bits per heavy atom. The zero-order valence-corrected chi connectivity index (χ0v) is 12.9. The van der Waals surface area contributed by atoms with E-state index < -0.39 is 0 Å². The van der Waals surface area contributed by atoms with E-state index in [-0.39, 0.29) is 0 Å². The number of nitrogens with zero attached hydrogens (tertiary/aromatic N) is 1. The van der Waals surface area contributed by atoms with Crippen molar-refractivity contribution >= 4 is 0 Å². The third-order valence-corrected chi connectivity index (χ3v) is 5.22. The molecule has 2 atom stereocenters. The summed E-state index contributed by atoms with van der Waals surface area (Å²) in [6.45, 7) is 8.24. The van der Waals surface area contributed by atoms with Crippen LogP contribution in [0.25, 0.3) is 0 Å². The van der Waals surface area contributed by atoms with Crippen molar-refractivity contribution in [2.75, 3.05) is 13.1 Å². The summed E-state index contributed by atoms with van der Waals surface area (Å²) in [5, 5.41) is 3.81. The lowest BCUT2D eigenvalue weighted by Crippen LogP contribution is -2.63. The minimum Gasteiger partial charge on any atom is -0.311 e. The van der Waals surface area contributed by atoms with E-state index >= 15 is 0 Å². The number of hydrogen-bond donors (Lipinski definition) is 1. The van der Waals surface area contributed by atoms with Gasteiger partial charge in [0.05, 0.1) is 0 Å². The Morgan fingerprint density at radius 3 is 2.65 bits per heavy atom. The molecule has 0 radical (unpaired) electrons. The summed E-state index contributed by atoms with van der Waals surface area (Å²) in [6, 6.07) is 11.6. The number of rotatable bonds is 5. The van der Waals surface area contributed by atoms with Crippen LogP contribution in [-0.2, 0) is 6.54 Å². The van der Waals surface area contributed by atoms with Crippen LogP contribution in [0.4, 0.5) is 0 Å². The second kappa shape index (κ2) is 5.87. The first-order valence-corrected chi connectivity index (χ1v) is 8.24. The maximum absolute atomic E-state index is 3.81. The minimum absolute atomic E-state index is 0.361. The fraction of sp³-hybridized carbons (Fsp3) is 0.667. The van der Waals surface area contributed by atoms with E-state index in [9.17, 15) is 0 Å². The van der Waals surface area contributed by atoms with Gasteiger partial charge in [0.2, 0.25) is 0 Å². The van der Waals surface area contributed by atoms with Crippen molar-refractivity contribution in [3.8, 4) is 0 Å². The van der Waals surface area contributed by atoms with Crippen LogP contribution in [0.15, 0.2) is 30.3 Å². The lowest BCUT2D eigenvalue weighted by Gasteiger charge is -2.49. The molecule has 2 fully saturated rings. The lowest BCUT2D eigenvalue weighted by atomic mass is 9.88. The largest absolute Gasteiger partial charge is 0.311 e. The summed E-state index contributed by atoms with van der Waals surface area (Å²) >= 11 is 0. The van der Waals surface area contributed by atoms with Crippen molar-refractivity contribution < 1.29 is 0 Å². The average Bonchev–Trinajstić information content (AvgIpc) is 3.29. The predicted octanol–water partition coefficient (Wildman–Crippen LogP) is 3.43. The molecule has 1 aromatic rings. The maximum Gasteiger partial charge on any atom is 0.0338 e. The molecule has 2 unspecified atom stereocenters. The van der Waals surface area contributed by atoms with Gasteiger partial charge in [-0.1, -0.05) is 43.7 Å². The fourth-order valence-corrected chi connectivity index (χ4v) is 3.70. The molecule has 0 bridgehead atoms. The highest BCUT2D eigenvalue weighted by molar-refractivity contribution is 5.16. The topological polar surface area (TPSA) is 15.3 Å². The second-order valence-corrected chi connectivity index (χ2v) is 6.86. The van der Waals surface area contributed by atoms with E-state index in [1.165, 1.54) is 37.8 Å². The first-order chi connectivity index (χ1) is 9.72. The maximum atomic E-state index is 3.81. The summed E-state index contributed by atoms with van der Waals surface area (Å²) in [5.74, 6) is 0.904. The molecule has 1 aromatic carbocycles. The number of nitrogens with one attached hydrogen (secondary N) is 1. The zero-order valence-electron chi connectivity index (χ0n) is 12.9. The normalized spacial score (nSPS) is 31.4. The Balaban J connectivity index is 1.74. The Morgan fingerprint density at radius 1 is 1.25 bits per heavy atom. The van der Waals surface area contributed by atoms with Crippen LogP contribution in [0.1, 0.15) is 45.1 Å². The van der Waals surface area contributed by atoms with Crippen molar-refractivity contribution in [3.05, 3.63) is 35.9 Å². The van der Waals surface area contributed by atoms with Gasteiger partial charge >= 0.3 is 0 Å². The molecule has 1 saturated carbocycles. The van der Waals surface area contributed by atoms with E-state index in [2.05, 4.69) is 54.4 Å². The molecule has 20 heavy (non-hydrogen) atoms. The molecular formula is C18H28N2. The summed E-state index contributed by atoms with van der Waals surface area (Å²) in [6.07, 6.45) is 5.41. The third kappa shape index (κ3) is 2.91. The SMILES string of the molecule is CCCC1CN(Cc2ccccc2)C(C)(C2CC2)CN1. The monoisotopic (exact) mass is 272 g/mol. The molecule has 110 valence electrons. The molecule has 1 saturated heterocycles. The van der Waals surface area contributed by atoms with E-state index in [4.69, 9.17) is 0 Å².